The van der Waals surface area contributed by atoms with Crippen molar-refractivity contribution in [3.8, 4) is 11.5 Å². The van der Waals surface area contributed by atoms with Crippen LogP contribution in [-0.4, -0.2) is 18.8 Å². The zero-order valence-corrected chi connectivity index (χ0v) is 9.36. The predicted octanol–water partition coefficient (Wildman–Crippen LogP) is 2.61. The number of aliphatic hydroxyl groups excluding tert-OH is 1. The topological polar surface area (TPSA) is 38.7 Å². The molecule has 15 heavy (non-hydrogen) atoms. The number of methoxy groups -OCH3 is 1. The second-order valence-corrected chi connectivity index (χ2v) is 3.78. The van der Waals surface area contributed by atoms with Gasteiger partial charge >= 0.3 is 0 Å². The van der Waals surface area contributed by atoms with Crippen molar-refractivity contribution in [3.05, 3.63) is 30.4 Å². The quantitative estimate of drug-likeness (QED) is 0.810. The zero-order valence-electron chi connectivity index (χ0n) is 9.36. The molecule has 1 N–H and O–H groups in total. The van der Waals surface area contributed by atoms with Crippen LogP contribution in [0.3, 0.4) is 0 Å². The highest BCUT2D eigenvalue weighted by Gasteiger charge is 2.03. The number of hydrogen-bond donors (Lipinski definition) is 1. The summed E-state index contributed by atoms with van der Waals surface area (Å²) in [4.78, 5) is 0. The van der Waals surface area contributed by atoms with Crippen LogP contribution >= 0.6 is 0 Å². The smallest absolute Gasteiger partial charge is 0.123 e. The second kappa shape index (κ2) is 5.61. The summed E-state index contributed by atoms with van der Waals surface area (Å²) < 4.78 is 10.6. The number of rotatable bonds is 5. The molecule has 0 aliphatic rings. The number of aliphatic hydroxyl groups is 1. The van der Waals surface area contributed by atoms with Gasteiger partial charge in [-0.25, -0.2) is 0 Å². The molecule has 0 unspecified atom stereocenters. The van der Waals surface area contributed by atoms with Gasteiger partial charge < -0.3 is 14.6 Å². The maximum absolute atomic E-state index is 8.92. The summed E-state index contributed by atoms with van der Waals surface area (Å²) >= 11 is 0. The molecule has 1 aromatic carbocycles. The van der Waals surface area contributed by atoms with Crippen LogP contribution in [-0.2, 0) is 0 Å². The summed E-state index contributed by atoms with van der Waals surface area (Å²) in [7, 11) is 1.59. The van der Waals surface area contributed by atoms with E-state index in [1.807, 2.05) is 0 Å². The summed E-state index contributed by atoms with van der Waals surface area (Å²) in [6.07, 6.45) is 0. The Morgan fingerprint density at radius 3 is 2.47 bits per heavy atom. The van der Waals surface area contributed by atoms with Gasteiger partial charge in [-0.3, -0.25) is 0 Å². The van der Waals surface area contributed by atoms with Gasteiger partial charge in [0.15, 0.2) is 0 Å². The number of hydrogen-bond acceptors (Lipinski definition) is 3. The van der Waals surface area contributed by atoms with Crippen LogP contribution < -0.4 is 9.47 Å². The van der Waals surface area contributed by atoms with E-state index in [0.29, 0.717) is 29.6 Å². The van der Waals surface area contributed by atoms with Gasteiger partial charge in [-0.15, -0.1) is 0 Å². The van der Waals surface area contributed by atoms with Gasteiger partial charge in [-0.2, -0.15) is 0 Å². The first-order valence-corrected chi connectivity index (χ1v) is 4.95. The van der Waals surface area contributed by atoms with E-state index in [0.717, 1.165) is 6.61 Å². The average Bonchev–Trinajstić information content (AvgIpc) is 2.25. The van der Waals surface area contributed by atoms with Crippen molar-refractivity contribution in [1.82, 2.24) is 0 Å². The van der Waals surface area contributed by atoms with Crippen molar-refractivity contribution >= 4 is 0 Å². The first kappa shape index (κ1) is 11.9. The molecule has 83 valence electrons. The van der Waals surface area contributed by atoms with E-state index in [-0.39, 0.29) is 0 Å². The molecule has 1 rings (SSSR count). The van der Waals surface area contributed by atoms with Gasteiger partial charge in [0.25, 0.3) is 0 Å². The fraction of sp³-hybridized carbons (Fsp3) is 0.417. The monoisotopic (exact) mass is 209 g/mol. The Hall–Kier alpha value is -1.22. The van der Waals surface area contributed by atoms with Gasteiger partial charge in [-0.05, 0) is 23.6 Å². The summed E-state index contributed by atoms with van der Waals surface area (Å²) in [5, 5.41) is 8.92. The van der Waals surface area contributed by atoms with Crippen LogP contribution in [0.15, 0.2) is 18.2 Å². The first-order chi connectivity index (χ1) is 7.15. The molecule has 3 nitrogen and oxygen atoms in total. The van der Waals surface area contributed by atoms with Crippen LogP contribution in [0.4, 0.5) is 0 Å². The predicted molar refractivity (Wildman–Crippen MR) is 58.7 cm³/mol. The molecule has 0 atom stereocenters. The number of ether oxygens (including phenoxy) is 2. The van der Waals surface area contributed by atoms with Gasteiger partial charge in [0.05, 0.1) is 13.7 Å². The molecule has 0 fully saturated rings. The fourth-order valence-corrected chi connectivity index (χ4v) is 1.13. The Labute approximate surface area is 90.6 Å². The molecule has 0 aromatic heterocycles. The minimum Gasteiger partial charge on any atom is -0.497 e. The Balaban J connectivity index is 2.77. The molecule has 1 radical (unpaired) electrons. The Morgan fingerprint density at radius 2 is 1.93 bits per heavy atom. The van der Waals surface area contributed by atoms with Crippen molar-refractivity contribution in [1.29, 1.82) is 0 Å². The second-order valence-electron chi connectivity index (χ2n) is 3.78. The van der Waals surface area contributed by atoms with Gasteiger partial charge in [-0.1, -0.05) is 13.8 Å². The van der Waals surface area contributed by atoms with Crippen LogP contribution in [0.5, 0.6) is 11.5 Å². The van der Waals surface area contributed by atoms with Crippen LogP contribution in [0.2, 0.25) is 0 Å². The third kappa shape index (κ3) is 3.80. The van der Waals surface area contributed by atoms with E-state index in [1.165, 1.54) is 0 Å². The van der Waals surface area contributed by atoms with E-state index in [4.69, 9.17) is 14.6 Å². The van der Waals surface area contributed by atoms with E-state index >= 15 is 0 Å². The van der Waals surface area contributed by atoms with Crippen LogP contribution in [0.1, 0.15) is 19.4 Å². The molecule has 3 heteroatoms. The Bertz CT molecular complexity index is 285. The van der Waals surface area contributed by atoms with Crippen LogP contribution in [0, 0.1) is 12.5 Å². The molecule has 0 spiro atoms. The van der Waals surface area contributed by atoms with Crippen molar-refractivity contribution in [2.45, 2.75) is 13.8 Å². The van der Waals surface area contributed by atoms with Crippen molar-refractivity contribution in [2.75, 3.05) is 13.7 Å². The van der Waals surface area contributed by atoms with Crippen LogP contribution in [0.25, 0.3) is 0 Å². The van der Waals surface area contributed by atoms with E-state index in [9.17, 15) is 0 Å². The fourth-order valence-electron chi connectivity index (χ4n) is 1.13. The molecular weight excluding hydrogens is 192 g/mol. The lowest BCUT2D eigenvalue weighted by Gasteiger charge is -2.11. The summed E-state index contributed by atoms with van der Waals surface area (Å²) in [5.74, 6) is 1.86. The largest absolute Gasteiger partial charge is 0.497 e. The van der Waals surface area contributed by atoms with E-state index in [1.54, 1.807) is 25.3 Å². The molecule has 0 heterocycles. The van der Waals surface area contributed by atoms with Gasteiger partial charge in [0.2, 0.25) is 0 Å². The number of benzene rings is 1. The molecule has 0 saturated heterocycles. The third-order valence-corrected chi connectivity index (χ3v) is 1.87. The average molecular weight is 209 g/mol. The minimum atomic E-state index is 0.470. The molecule has 1 aromatic rings. The standard InChI is InChI=1S/C12H17O3/c1-9(2)8-15-12-5-10(7-13)4-11(6-12)14-3/h4-7,9,13H,8H2,1-3H3. The molecule has 0 saturated carbocycles. The Kier molecular flexibility index (Phi) is 4.43. The van der Waals surface area contributed by atoms with Crippen molar-refractivity contribution in [2.24, 2.45) is 5.92 Å². The van der Waals surface area contributed by atoms with Crippen molar-refractivity contribution < 1.29 is 14.6 Å². The lowest BCUT2D eigenvalue weighted by molar-refractivity contribution is 0.269. The summed E-state index contributed by atoms with van der Waals surface area (Å²) in [6.45, 7) is 5.85. The third-order valence-electron chi connectivity index (χ3n) is 1.87. The maximum atomic E-state index is 8.92. The van der Waals surface area contributed by atoms with Gasteiger partial charge in [0.1, 0.15) is 18.1 Å². The Morgan fingerprint density at radius 1 is 1.27 bits per heavy atom. The minimum absolute atomic E-state index is 0.470. The SMILES string of the molecule is COc1cc([CH]O)cc(OCC(C)C)c1. The highest BCUT2D eigenvalue weighted by molar-refractivity contribution is 5.40. The first-order valence-electron chi connectivity index (χ1n) is 4.95. The maximum Gasteiger partial charge on any atom is 0.123 e. The summed E-state index contributed by atoms with van der Waals surface area (Å²) in [6, 6.07) is 5.31. The molecular formula is C12H17O3. The summed E-state index contributed by atoms with van der Waals surface area (Å²) in [5.41, 5.74) is 0.674. The lowest BCUT2D eigenvalue weighted by Crippen LogP contribution is -2.04. The highest BCUT2D eigenvalue weighted by atomic mass is 16.5. The highest BCUT2D eigenvalue weighted by Crippen LogP contribution is 2.23. The lowest BCUT2D eigenvalue weighted by atomic mass is 10.2. The molecule has 0 aliphatic carbocycles. The zero-order chi connectivity index (χ0) is 11.3. The molecule has 0 amide bonds. The molecule has 0 aliphatic heterocycles. The van der Waals surface area contributed by atoms with E-state index < -0.39 is 0 Å². The van der Waals surface area contributed by atoms with E-state index in [2.05, 4.69) is 13.8 Å². The van der Waals surface area contributed by atoms with Gasteiger partial charge in [0, 0.05) is 6.07 Å². The normalized spacial score (nSPS) is 10.5. The van der Waals surface area contributed by atoms with Crippen molar-refractivity contribution in [3.63, 3.8) is 0 Å². The molecule has 0 bridgehead atoms.